The molecule has 2 aromatic heterocycles. The van der Waals surface area contributed by atoms with Gasteiger partial charge in [0, 0.05) is 21.4 Å². The molecule has 0 saturated heterocycles. The van der Waals surface area contributed by atoms with Crippen LogP contribution in [-0.2, 0) is 4.79 Å². The summed E-state index contributed by atoms with van der Waals surface area (Å²) in [6.07, 6.45) is 3.31. The summed E-state index contributed by atoms with van der Waals surface area (Å²) in [6.45, 7) is 2.04. The highest BCUT2D eigenvalue weighted by Crippen LogP contribution is 2.25. The van der Waals surface area contributed by atoms with Crippen molar-refractivity contribution in [2.45, 2.75) is 6.92 Å². The van der Waals surface area contributed by atoms with Crippen LogP contribution in [0.15, 0.2) is 48.5 Å². The molecule has 0 fully saturated rings. The van der Waals surface area contributed by atoms with Crippen LogP contribution in [0.3, 0.4) is 0 Å². The summed E-state index contributed by atoms with van der Waals surface area (Å²) in [6, 6.07) is 13.8. The average molecular weight is 327 g/mol. The lowest BCUT2D eigenvalue weighted by Crippen LogP contribution is -2.07. The van der Waals surface area contributed by atoms with E-state index >= 15 is 0 Å². The van der Waals surface area contributed by atoms with Crippen molar-refractivity contribution in [1.82, 2.24) is 10.2 Å². The van der Waals surface area contributed by atoms with E-state index in [1.54, 1.807) is 17.4 Å². The van der Waals surface area contributed by atoms with E-state index in [2.05, 4.69) is 15.5 Å². The minimum atomic E-state index is -0.207. The van der Waals surface area contributed by atoms with Gasteiger partial charge in [-0.25, -0.2) is 0 Å². The van der Waals surface area contributed by atoms with Crippen molar-refractivity contribution in [2.75, 3.05) is 5.32 Å². The first-order chi connectivity index (χ1) is 10.7. The Hall–Kier alpha value is -2.31. The van der Waals surface area contributed by atoms with Crippen molar-refractivity contribution in [3.63, 3.8) is 0 Å². The molecular weight excluding hydrogens is 314 g/mol. The van der Waals surface area contributed by atoms with Gasteiger partial charge in [0.05, 0.1) is 0 Å². The van der Waals surface area contributed by atoms with Gasteiger partial charge in [0.25, 0.3) is 0 Å². The van der Waals surface area contributed by atoms with Crippen LogP contribution in [0.5, 0.6) is 0 Å². The summed E-state index contributed by atoms with van der Waals surface area (Å²) in [5.41, 5.74) is 0.991. The molecule has 0 bridgehead atoms. The Morgan fingerprint density at radius 3 is 2.64 bits per heavy atom. The Labute approximate surface area is 136 Å². The third-order valence-electron chi connectivity index (χ3n) is 2.84. The van der Waals surface area contributed by atoms with Gasteiger partial charge < -0.3 is 0 Å². The average Bonchev–Trinajstić information content (AvgIpc) is 3.15. The van der Waals surface area contributed by atoms with Gasteiger partial charge in [-0.05, 0) is 25.1 Å². The summed E-state index contributed by atoms with van der Waals surface area (Å²) in [5.74, 6) is -0.207. The summed E-state index contributed by atoms with van der Waals surface area (Å²) in [4.78, 5) is 14.2. The predicted molar refractivity (Wildman–Crippen MR) is 92.1 cm³/mol. The molecule has 0 atom stereocenters. The molecule has 3 rings (SSSR count). The topological polar surface area (TPSA) is 54.9 Å². The molecule has 0 saturated carbocycles. The number of amides is 1. The van der Waals surface area contributed by atoms with Gasteiger partial charge in [-0.2, -0.15) is 0 Å². The van der Waals surface area contributed by atoms with Crippen molar-refractivity contribution < 1.29 is 4.79 Å². The van der Waals surface area contributed by atoms with E-state index in [9.17, 15) is 4.79 Å². The van der Waals surface area contributed by atoms with E-state index in [1.165, 1.54) is 22.3 Å². The lowest BCUT2D eigenvalue weighted by atomic mass is 10.2. The van der Waals surface area contributed by atoms with Gasteiger partial charge in [0.1, 0.15) is 5.01 Å². The molecule has 110 valence electrons. The second kappa shape index (κ2) is 6.64. The summed E-state index contributed by atoms with van der Waals surface area (Å²) < 4.78 is 0. The number of anilines is 1. The Kier molecular flexibility index (Phi) is 4.41. The highest BCUT2D eigenvalue weighted by molar-refractivity contribution is 7.18. The third kappa shape index (κ3) is 3.66. The van der Waals surface area contributed by atoms with E-state index < -0.39 is 0 Å². The monoisotopic (exact) mass is 327 g/mol. The number of nitrogens with one attached hydrogen (secondary N) is 1. The number of hydrogen-bond acceptors (Lipinski definition) is 5. The van der Waals surface area contributed by atoms with E-state index in [0.29, 0.717) is 5.13 Å². The van der Waals surface area contributed by atoms with Crippen LogP contribution in [0.25, 0.3) is 16.6 Å². The zero-order valence-corrected chi connectivity index (χ0v) is 13.4. The molecule has 1 aromatic carbocycles. The molecule has 0 radical (unpaired) electrons. The summed E-state index contributed by atoms with van der Waals surface area (Å²) >= 11 is 3.00. The van der Waals surface area contributed by atoms with Crippen molar-refractivity contribution in [2.24, 2.45) is 0 Å². The fourth-order valence-electron chi connectivity index (χ4n) is 1.82. The maximum atomic E-state index is 11.9. The number of carbonyl (C=O) groups excluding carboxylic acids is 1. The number of rotatable bonds is 4. The lowest BCUT2D eigenvalue weighted by molar-refractivity contribution is -0.111. The van der Waals surface area contributed by atoms with Crippen molar-refractivity contribution >= 4 is 39.8 Å². The van der Waals surface area contributed by atoms with Gasteiger partial charge >= 0.3 is 0 Å². The van der Waals surface area contributed by atoms with Crippen LogP contribution in [0, 0.1) is 6.92 Å². The van der Waals surface area contributed by atoms with Gasteiger partial charge in [-0.3, -0.25) is 10.1 Å². The number of aryl methyl sites for hydroxylation is 1. The molecule has 2 heterocycles. The SMILES string of the molecule is Cc1ccc(/C=C/C(=O)Nc2nnc(-c3ccccc3)s2)s1. The van der Waals surface area contributed by atoms with E-state index in [4.69, 9.17) is 0 Å². The number of hydrogen-bond donors (Lipinski definition) is 1. The second-order valence-electron chi connectivity index (χ2n) is 4.55. The van der Waals surface area contributed by atoms with Crippen LogP contribution in [-0.4, -0.2) is 16.1 Å². The number of carbonyl (C=O) groups is 1. The normalized spacial score (nSPS) is 11.0. The molecule has 0 aliphatic heterocycles. The van der Waals surface area contributed by atoms with Gasteiger partial charge in [-0.1, -0.05) is 41.7 Å². The Morgan fingerprint density at radius 1 is 1.09 bits per heavy atom. The van der Waals surface area contributed by atoms with Crippen molar-refractivity contribution in [3.8, 4) is 10.6 Å². The third-order valence-corrected chi connectivity index (χ3v) is 4.69. The van der Waals surface area contributed by atoms with Crippen LogP contribution in [0.2, 0.25) is 0 Å². The first kappa shape index (κ1) is 14.6. The Balaban J connectivity index is 1.65. The first-order valence-corrected chi connectivity index (χ1v) is 8.28. The zero-order valence-electron chi connectivity index (χ0n) is 11.8. The maximum absolute atomic E-state index is 11.9. The quantitative estimate of drug-likeness (QED) is 0.730. The fourth-order valence-corrected chi connectivity index (χ4v) is 3.35. The standard InChI is InChI=1S/C16H13N3OS2/c1-11-7-8-13(21-11)9-10-14(20)17-16-19-18-15(22-16)12-5-3-2-4-6-12/h2-10H,1H3,(H,17,19,20)/b10-9+. The van der Waals surface area contributed by atoms with Crippen LogP contribution in [0.4, 0.5) is 5.13 Å². The minimum absolute atomic E-state index is 0.207. The molecule has 6 heteroatoms. The highest BCUT2D eigenvalue weighted by Gasteiger charge is 2.07. The number of aromatic nitrogens is 2. The lowest BCUT2D eigenvalue weighted by Gasteiger charge is -1.94. The Morgan fingerprint density at radius 2 is 1.91 bits per heavy atom. The molecule has 1 amide bonds. The second-order valence-corrected chi connectivity index (χ2v) is 6.85. The Bertz CT molecular complexity index is 806. The molecule has 0 unspecified atom stereocenters. The first-order valence-electron chi connectivity index (χ1n) is 6.65. The number of nitrogens with zero attached hydrogens (tertiary/aromatic N) is 2. The van der Waals surface area contributed by atoms with Gasteiger partial charge in [0.2, 0.25) is 11.0 Å². The zero-order chi connectivity index (χ0) is 15.4. The highest BCUT2D eigenvalue weighted by atomic mass is 32.1. The molecule has 3 aromatic rings. The molecule has 0 aliphatic carbocycles. The summed E-state index contributed by atoms with van der Waals surface area (Å²) in [7, 11) is 0. The number of thiophene rings is 1. The maximum Gasteiger partial charge on any atom is 0.250 e. The van der Waals surface area contributed by atoms with Gasteiger partial charge in [-0.15, -0.1) is 21.5 Å². The molecular formula is C16H13N3OS2. The molecule has 1 N–H and O–H groups in total. The van der Waals surface area contributed by atoms with Crippen LogP contribution >= 0.6 is 22.7 Å². The van der Waals surface area contributed by atoms with Crippen LogP contribution < -0.4 is 5.32 Å². The molecule has 0 aliphatic rings. The molecule has 22 heavy (non-hydrogen) atoms. The van der Waals surface area contributed by atoms with E-state index in [-0.39, 0.29) is 5.91 Å². The molecule has 0 spiro atoms. The van der Waals surface area contributed by atoms with Gasteiger partial charge in [0.15, 0.2) is 0 Å². The van der Waals surface area contributed by atoms with E-state index in [0.717, 1.165) is 15.4 Å². The smallest absolute Gasteiger partial charge is 0.250 e. The van der Waals surface area contributed by atoms with Crippen molar-refractivity contribution in [3.05, 3.63) is 58.3 Å². The predicted octanol–water partition coefficient (Wildman–Crippen LogP) is 4.23. The van der Waals surface area contributed by atoms with E-state index in [1.807, 2.05) is 49.4 Å². The summed E-state index contributed by atoms with van der Waals surface area (Å²) in [5, 5.41) is 12.1. The number of benzene rings is 1. The van der Waals surface area contributed by atoms with Crippen molar-refractivity contribution in [1.29, 1.82) is 0 Å². The fraction of sp³-hybridized carbons (Fsp3) is 0.0625. The van der Waals surface area contributed by atoms with Crippen LogP contribution in [0.1, 0.15) is 9.75 Å². The minimum Gasteiger partial charge on any atom is -0.297 e. The molecule has 4 nitrogen and oxygen atoms in total. The largest absolute Gasteiger partial charge is 0.297 e.